The van der Waals surface area contributed by atoms with Crippen LogP contribution in [0.3, 0.4) is 0 Å². The quantitative estimate of drug-likeness (QED) is 0.724. The van der Waals surface area contributed by atoms with Gasteiger partial charge in [0.2, 0.25) is 0 Å². The zero-order chi connectivity index (χ0) is 11.1. The highest BCUT2D eigenvalue weighted by Crippen LogP contribution is 2.12. The number of hydrogen-bond acceptors (Lipinski definition) is 3. The molecule has 1 heterocycles. The first kappa shape index (κ1) is 11.9. The van der Waals surface area contributed by atoms with E-state index in [0.717, 1.165) is 12.8 Å². The Hall–Kier alpha value is -1.22. The highest BCUT2D eigenvalue weighted by atomic mass is 16.1. The molecule has 0 saturated carbocycles. The lowest BCUT2D eigenvalue weighted by Crippen LogP contribution is -2.08. The monoisotopic (exact) mass is 206 g/mol. The minimum atomic E-state index is 0.173. The van der Waals surface area contributed by atoms with Gasteiger partial charge in [-0.1, -0.05) is 6.92 Å². The highest BCUT2D eigenvalue weighted by molar-refractivity contribution is 5.95. The van der Waals surface area contributed by atoms with E-state index in [1.807, 2.05) is 6.07 Å². The molecule has 0 aliphatic heterocycles. The Labute approximate surface area is 90.7 Å². The zero-order valence-electron chi connectivity index (χ0n) is 9.15. The van der Waals surface area contributed by atoms with Gasteiger partial charge in [0.25, 0.3) is 0 Å². The van der Waals surface area contributed by atoms with Gasteiger partial charge in [0, 0.05) is 24.4 Å². The predicted octanol–water partition coefficient (Wildman–Crippen LogP) is 2.03. The number of pyridine rings is 1. The fourth-order valence-corrected chi connectivity index (χ4v) is 1.48. The fraction of sp³-hybridized carbons (Fsp3) is 0.500. The Balaban J connectivity index is 2.37. The van der Waals surface area contributed by atoms with Gasteiger partial charge in [-0.25, -0.2) is 0 Å². The van der Waals surface area contributed by atoms with Crippen molar-refractivity contribution in [2.45, 2.75) is 26.2 Å². The molecule has 1 rings (SSSR count). The molecule has 0 saturated heterocycles. The standard InChI is InChI=1S/C12H18N2O/c1-10(6-7-13)4-5-12(15)11-3-2-8-14-9-11/h2-3,8-10H,4-7,13H2,1H3. The third-order valence-electron chi connectivity index (χ3n) is 2.51. The molecule has 3 nitrogen and oxygen atoms in total. The summed E-state index contributed by atoms with van der Waals surface area (Å²) in [4.78, 5) is 15.6. The van der Waals surface area contributed by atoms with Crippen molar-refractivity contribution < 1.29 is 4.79 Å². The largest absolute Gasteiger partial charge is 0.330 e. The lowest BCUT2D eigenvalue weighted by molar-refractivity contribution is 0.0973. The second-order valence-electron chi connectivity index (χ2n) is 3.89. The van der Waals surface area contributed by atoms with Crippen LogP contribution in [-0.2, 0) is 0 Å². The van der Waals surface area contributed by atoms with Gasteiger partial charge >= 0.3 is 0 Å². The Bertz CT molecular complexity index is 298. The van der Waals surface area contributed by atoms with E-state index in [4.69, 9.17) is 5.73 Å². The summed E-state index contributed by atoms with van der Waals surface area (Å²) in [5.74, 6) is 0.697. The van der Waals surface area contributed by atoms with Gasteiger partial charge in [-0.2, -0.15) is 0 Å². The Kier molecular flexibility index (Phi) is 4.98. The van der Waals surface area contributed by atoms with Crippen molar-refractivity contribution in [3.63, 3.8) is 0 Å². The van der Waals surface area contributed by atoms with Crippen LogP contribution in [0.5, 0.6) is 0 Å². The van der Waals surface area contributed by atoms with Crippen molar-refractivity contribution >= 4 is 5.78 Å². The van der Waals surface area contributed by atoms with Crippen LogP contribution in [0.25, 0.3) is 0 Å². The Morgan fingerprint density at radius 2 is 2.33 bits per heavy atom. The minimum absolute atomic E-state index is 0.173. The molecule has 1 atom stereocenters. The number of carbonyl (C=O) groups excluding carboxylic acids is 1. The van der Waals surface area contributed by atoms with Crippen molar-refractivity contribution in [2.75, 3.05) is 6.54 Å². The molecule has 0 bridgehead atoms. The summed E-state index contributed by atoms with van der Waals surface area (Å²) in [6, 6.07) is 3.60. The van der Waals surface area contributed by atoms with Gasteiger partial charge in [0.1, 0.15) is 0 Å². The van der Waals surface area contributed by atoms with E-state index >= 15 is 0 Å². The van der Waals surface area contributed by atoms with Crippen LogP contribution < -0.4 is 5.73 Å². The van der Waals surface area contributed by atoms with E-state index in [1.165, 1.54) is 0 Å². The smallest absolute Gasteiger partial charge is 0.164 e. The van der Waals surface area contributed by atoms with Crippen molar-refractivity contribution in [1.29, 1.82) is 0 Å². The second-order valence-corrected chi connectivity index (χ2v) is 3.89. The number of hydrogen-bond donors (Lipinski definition) is 1. The average molecular weight is 206 g/mol. The molecule has 2 N–H and O–H groups in total. The van der Waals surface area contributed by atoms with Gasteiger partial charge in [-0.05, 0) is 37.4 Å². The molecule has 1 aromatic heterocycles. The lowest BCUT2D eigenvalue weighted by Gasteiger charge is -2.08. The normalized spacial score (nSPS) is 12.4. The maximum atomic E-state index is 11.7. The first-order valence-corrected chi connectivity index (χ1v) is 5.37. The molecule has 0 amide bonds. The molecule has 0 fully saturated rings. The predicted molar refractivity (Wildman–Crippen MR) is 60.6 cm³/mol. The van der Waals surface area contributed by atoms with Crippen molar-refractivity contribution in [2.24, 2.45) is 11.7 Å². The summed E-state index contributed by atoms with van der Waals surface area (Å²) >= 11 is 0. The lowest BCUT2D eigenvalue weighted by atomic mass is 9.98. The first-order chi connectivity index (χ1) is 7.24. The van der Waals surface area contributed by atoms with E-state index < -0.39 is 0 Å². The molecule has 3 heteroatoms. The number of carbonyl (C=O) groups is 1. The van der Waals surface area contributed by atoms with Gasteiger partial charge in [-0.3, -0.25) is 9.78 Å². The third kappa shape index (κ3) is 4.21. The maximum absolute atomic E-state index is 11.7. The number of nitrogens with zero attached hydrogens (tertiary/aromatic N) is 1. The van der Waals surface area contributed by atoms with E-state index in [9.17, 15) is 4.79 Å². The van der Waals surface area contributed by atoms with Crippen molar-refractivity contribution in [3.05, 3.63) is 30.1 Å². The fourth-order valence-electron chi connectivity index (χ4n) is 1.48. The summed E-state index contributed by atoms with van der Waals surface area (Å²) in [5, 5.41) is 0. The maximum Gasteiger partial charge on any atom is 0.164 e. The first-order valence-electron chi connectivity index (χ1n) is 5.37. The molecule has 1 aromatic rings. The molecular formula is C12H18N2O. The molecule has 0 spiro atoms. The number of rotatable bonds is 6. The van der Waals surface area contributed by atoms with Crippen LogP contribution >= 0.6 is 0 Å². The molecule has 0 aromatic carbocycles. The Morgan fingerprint density at radius 1 is 1.53 bits per heavy atom. The van der Waals surface area contributed by atoms with Crippen molar-refractivity contribution in [1.82, 2.24) is 4.98 Å². The van der Waals surface area contributed by atoms with E-state index in [2.05, 4.69) is 11.9 Å². The summed E-state index contributed by atoms with van der Waals surface area (Å²) in [7, 11) is 0. The topological polar surface area (TPSA) is 56.0 Å². The van der Waals surface area contributed by atoms with E-state index in [0.29, 0.717) is 24.4 Å². The van der Waals surface area contributed by atoms with Crippen LogP contribution in [0.2, 0.25) is 0 Å². The number of Topliss-reactive ketones (excluding diaryl/α,β-unsaturated/α-hetero) is 1. The van der Waals surface area contributed by atoms with Gasteiger partial charge < -0.3 is 5.73 Å². The SMILES string of the molecule is CC(CCN)CCC(=O)c1cccnc1. The van der Waals surface area contributed by atoms with Crippen LogP contribution in [0.15, 0.2) is 24.5 Å². The van der Waals surface area contributed by atoms with Gasteiger partial charge in [0.15, 0.2) is 5.78 Å². The summed E-state index contributed by atoms with van der Waals surface area (Å²) < 4.78 is 0. The molecule has 1 unspecified atom stereocenters. The molecule has 15 heavy (non-hydrogen) atoms. The summed E-state index contributed by atoms with van der Waals surface area (Å²) in [5.41, 5.74) is 6.16. The molecular weight excluding hydrogens is 188 g/mol. The molecule has 0 radical (unpaired) electrons. The van der Waals surface area contributed by atoms with Crippen LogP contribution in [0.4, 0.5) is 0 Å². The van der Waals surface area contributed by atoms with Crippen LogP contribution in [-0.4, -0.2) is 17.3 Å². The Morgan fingerprint density at radius 3 is 2.93 bits per heavy atom. The number of ketones is 1. The van der Waals surface area contributed by atoms with Crippen LogP contribution in [0.1, 0.15) is 36.5 Å². The van der Waals surface area contributed by atoms with E-state index in [-0.39, 0.29) is 5.78 Å². The minimum Gasteiger partial charge on any atom is -0.330 e. The van der Waals surface area contributed by atoms with E-state index in [1.54, 1.807) is 18.5 Å². The molecule has 82 valence electrons. The molecule has 0 aliphatic carbocycles. The number of aromatic nitrogens is 1. The average Bonchev–Trinajstić information content (AvgIpc) is 2.27. The number of nitrogens with two attached hydrogens (primary N) is 1. The van der Waals surface area contributed by atoms with Gasteiger partial charge in [-0.15, -0.1) is 0 Å². The molecule has 0 aliphatic rings. The van der Waals surface area contributed by atoms with Gasteiger partial charge in [0.05, 0.1) is 0 Å². The second kappa shape index (κ2) is 6.30. The third-order valence-corrected chi connectivity index (χ3v) is 2.51. The van der Waals surface area contributed by atoms with Crippen molar-refractivity contribution in [3.8, 4) is 0 Å². The summed E-state index contributed by atoms with van der Waals surface area (Å²) in [6.07, 6.45) is 5.78. The zero-order valence-corrected chi connectivity index (χ0v) is 9.15. The summed E-state index contributed by atoms with van der Waals surface area (Å²) in [6.45, 7) is 2.83. The highest BCUT2D eigenvalue weighted by Gasteiger charge is 2.08. The van der Waals surface area contributed by atoms with Crippen LogP contribution in [0, 0.1) is 5.92 Å².